The highest BCUT2D eigenvalue weighted by atomic mass is 32.2. The molecule has 2 aromatic rings. The van der Waals surface area contributed by atoms with Crippen molar-refractivity contribution in [1.29, 1.82) is 0 Å². The van der Waals surface area contributed by atoms with E-state index in [0.717, 1.165) is 17.1 Å². The van der Waals surface area contributed by atoms with Crippen molar-refractivity contribution in [2.45, 2.75) is 23.5 Å². The van der Waals surface area contributed by atoms with Gasteiger partial charge in [-0.1, -0.05) is 0 Å². The van der Waals surface area contributed by atoms with Crippen LogP contribution in [0.1, 0.15) is 12.5 Å². The lowest BCUT2D eigenvalue weighted by molar-refractivity contribution is -0.120. The Labute approximate surface area is 133 Å². The second kappa shape index (κ2) is 8.10. The molecular formula is C16H19NO2S2. The molecule has 1 N–H and O–H groups in total. The number of amides is 1. The normalized spacial score (nSPS) is 11.9. The van der Waals surface area contributed by atoms with Gasteiger partial charge in [0.25, 0.3) is 0 Å². The van der Waals surface area contributed by atoms with Gasteiger partial charge < -0.3 is 10.1 Å². The molecule has 0 bridgehead atoms. The molecule has 1 atom stereocenters. The Morgan fingerprint density at radius 1 is 1.33 bits per heavy atom. The Morgan fingerprint density at radius 3 is 2.71 bits per heavy atom. The number of ether oxygens (including phenoxy) is 1. The first kappa shape index (κ1) is 15.9. The minimum Gasteiger partial charge on any atom is -0.497 e. The van der Waals surface area contributed by atoms with Gasteiger partial charge in [-0.05, 0) is 60.0 Å². The van der Waals surface area contributed by atoms with Gasteiger partial charge >= 0.3 is 0 Å². The fraction of sp³-hybridized carbons (Fsp3) is 0.312. The second-order valence-electron chi connectivity index (χ2n) is 4.61. The van der Waals surface area contributed by atoms with E-state index < -0.39 is 0 Å². The quantitative estimate of drug-likeness (QED) is 0.792. The van der Waals surface area contributed by atoms with Gasteiger partial charge in [-0.15, -0.1) is 11.8 Å². The van der Waals surface area contributed by atoms with Gasteiger partial charge in [0, 0.05) is 11.4 Å². The number of carbonyl (C=O) groups is 1. The van der Waals surface area contributed by atoms with E-state index in [-0.39, 0.29) is 11.2 Å². The number of rotatable bonds is 7. The molecule has 2 rings (SSSR count). The minimum atomic E-state index is -0.110. The van der Waals surface area contributed by atoms with Crippen molar-refractivity contribution < 1.29 is 9.53 Å². The first-order valence-corrected chi connectivity index (χ1v) is 8.61. The zero-order valence-electron chi connectivity index (χ0n) is 12.2. The Morgan fingerprint density at radius 2 is 2.10 bits per heavy atom. The SMILES string of the molecule is COc1ccc(S[C@H](C)C(=O)NCCc2ccsc2)cc1. The number of hydrogen-bond acceptors (Lipinski definition) is 4. The molecule has 1 aromatic carbocycles. The molecule has 5 heteroatoms. The lowest BCUT2D eigenvalue weighted by atomic mass is 10.2. The monoisotopic (exact) mass is 321 g/mol. The summed E-state index contributed by atoms with van der Waals surface area (Å²) in [5.74, 6) is 0.901. The summed E-state index contributed by atoms with van der Waals surface area (Å²) in [5.41, 5.74) is 1.27. The van der Waals surface area contributed by atoms with Crippen LogP contribution in [0.4, 0.5) is 0 Å². The topological polar surface area (TPSA) is 38.3 Å². The maximum Gasteiger partial charge on any atom is 0.233 e. The third kappa shape index (κ3) is 5.10. The minimum absolute atomic E-state index is 0.0750. The number of benzene rings is 1. The molecule has 0 radical (unpaired) electrons. The van der Waals surface area contributed by atoms with E-state index in [0.29, 0.717) is 6.54 Å². The predicted molar refractivity (Wildman–Crippen MR) is 89.3 cm³/mol. The van der Waals surface area contributed by atoms with Crippen LogP contribution in [0.3, 0.4) is 0 Å². The van der Waals surface area contributed by atoms with E-state index in [4.69, 9.17) is 4.74 Å². The summed E-state index contributed by atoms with van der Waals surface area (Å²) >= 11 is 3.24. The van der Waals surface area contributed by atoms with Crippen molar-refractivity contribution in [3.63, 3.8) is 0 Å². The largest absolute Gasteiger partial charge is 0.497 e. The number of thiophene rings is 1. The van der Waals surface area contributed by atoms with Crippen LogP contribution in [0.25, 0.3) is 0 Å². The van der Waals surface area contributed by atoms with Gasteiger partial charge in [0.15, 0.2) is 0 Å². The highest BCUT2D eigenvalue weighted by Crippen LogP contribution is 2.25. The Balaban J connectivity index is 1.76. The first-order valence-electron chi connectivity index (χ1n) is 6.78. The van der Waals surface area contributed by atoms with Gasteiger partial charge in [-0.2, -0.15) is 11.3 Å². The Kier molecular flexibility index (Phi) is 6.14. The molecule has 21 heavy (non-hydrogen) atoms. The summed E-state index contributed by atoms with van der Waals surface area (Å²) in [6.45, 7) is 2.61. The fourth-order valence-electron chi connectivity index (χ4n) is 1.82. The predicted octanol–water partition coefficient (Wildman–Crippen LogP) is 3.60. The molecule has 0 saturated heterocycles. The maximum absolute atomic E-state index is 12.0. The van der Waals surface area contributed by atoms with Gasteiger partial charge in [-0.25, -0.2) is 0 Å². The van der Waals surface area contributed by atoms with Crippen molar-refractivity contribution in [3.8, 4) is 5.75 Å². The van der Waals surface area contributed by atoms with Crippen molar-refractivity contribution in [2.24, 2.45) is 0 Å². The van der Waals surface area contributed by atoms with Gasteiger partial charge in [0.2, 0.25) is 5.91 Å². The molecule has 1 amide bonds. The molecule has 1 aromatic heterocycles. The van der Waals surface area contributed by atoms with Crippen LogP contribution in [0.2, 0.25) is 0 Å². The molecule has 0 aliphatic rings. The molecular weight excluding hydrogens is 302 g/mol. The molecule has 3 nitrogen and oxygen atoms in total. The van der Waals surface area contributed by atoms with E-state index in [2.05, 4.69) is 22.1 Å². The average molecular weight is 321 g/mol. The van der Waals surface area contributed by atoms with Crippen molar-refractivity contribution in [3.05, 3.63) is 46.7 Å². The summed E-state index contributed by atoms with van der Waals surface area (Å²) in [4.78, 5) is 13.1. The highest BCUT2D eigenvalue weighted by molar-refractivity contribution is 8.00. The van der Waals surface area contributed by atoms with Crippen molar-refractivity contribution in [2.75, 3.05) is 13.7 Å². The molecule has 1 heterocycles. The molecule has 0 saturated carbocycles. The van der Waals surface area contributed by atoms with Crippen LogP contribution >= 0.6 is 23.1 Å². The van der Waals surface area contributed by atoms with Crippen molar-refractivity contribution in [1.82, 2.24) is 5.32 Å². The lowest BCUT2D eigenvalue weighted by Crippen LogP contribution is -2.32. The molecule has 0 unspecified atom stereocenters. The van der Waals surface area contributed by atoms with Gasteiger partial charge in [-0.3, -0.25) is 4.79 Å². The number of carbonyl (C=O) groups excluding carboxylic acids is 1. The van der Waals surface area contributed by atoms with Gasteiger partial charge in [0.05, 0.1) is 12.4 Å². The van der Waals surface area contributed by atoms with Crippen LogP contribution in [0.15, 0.2) is 46.0 Å². The lowest BCUT2D eigenvalue weighted by Gasteiger charge is -2.12. The van der Waals surface area contributed by atoms with E-state index in [9.17, 15) is 4.79 Å². The van der Waals surface area contributed by atoms with Crippen LogP contribution in [-0.2, 0) is 11.2 Å². The highest BCUT2D eigenvalue weighted by Gasteiger charge is 2.13. The zero-order chi connectivity index (χ0) is 15.1. The molecule has 0 aliphatic heterocycles. The van der Waals surface area contributed by atoms with Crippen molar-refractivity contribution >= 4 is 29.0 Å². The standard InChI is InChI=1S/C16H19NO2S2/c1-12(21-15-5-3-14(19-2)4-6-15)16(18)17-9-7-13-8-10-20-11-13/h3-6,8,10-12H,7,9H2,1-2H3,(H,17,18)/t12-/m1/s1. The number of methoxy groups -OCH3 is 1. The zero-order valence-corrected chi connectivity index (χ0v) is 13.8. The van der Waals surface area contributed by atoms with Crippen LogP contribution in [0, 0.1) is 0 Å². The maximum atomic E-state index is 12.0. The molecule has 0 spiro atoms. The molecule has 0 aliphatic carbocycles. The Bertz CT molecular complexity index is 552. The van der Waals surface area contributed by atoms with Crippen LogP contribution in [-0.4, -0.2) is 24.8 Å². The van der Waals surface area contributed by atoms with E-state index >= 15 is 0 Å². The number of thioether (sulfide) groups is 1. The fourth-order valence-corrected chi connectivity index (χ4v) is 3.42. The first-order chi connectivity index (χ1) is 10.2. The smallest absolute Gasteiger partial charge is 0.233 e. The summed E-state index contributed by atoms with van der Waals surface area (Å²) < 4.78 is 5.12. The summed E-state index contributed by atoms with van der Waals surface area (Å²) in [7, 11) is 1.64. The van der Waals surface area contributed by atoms with Gasteiger partial charge in [0.1, 0.15) is 5.75 Å². The summed E-state index contributed by atoms with van der Waals surface area (Å²) in [6.07, 6.45) is 0.884. The second-order valence-corrected chi connectivity index (χ2v) is 6.80. The Hall–Kier alpha value is -1.46. The number of hydrogen-bond donors (Lipinski definition) is 1. The summed E-state index contributed by atoms with van der Waals surface area (Å²) in [6, 6.07) is 9.84. The van der Waals surface area contributed by atoms with Crippen LogP contribution < -0.4 is 10.1 Å². The summed E-state index contributed by atoms with van der Waals surface area (Å²) in [5, 5.41) is 7.04. The molecule has 112 valence electrons. The van der Waals surface area contributed by atoms with E-state index in [1.54, 1.807) is 30.2 Å². The van der Waals surface area contributed by atoms with E-state index in [1.165, 1.54) is 5.56 Å². The third-order valence-electron chi connectivity index (χ3n) is 3.03. The van der Waals surface area contributed by atoms with Crippen LogP contribution in [0.5, 0.6) is 5.75 Å². The third-order valence-corrected chi connectivity index (χ3v) is 4.88. The van der Waals surface area contributed by atoms with E-state index in [1.807, 2.05) is 31.2 Å². The number of nitrogens with one attached hydrogen (secondary N) is 1. The molecule has 0 fully saturated rings. The average Bonchev–Trinajstić information content (AvgIpc) is 3.01.